The van der Waals surface area contributed by atoms with Gasteiger partial charge in [-0.2, -0.15) is 0 Å². The maximum atomic E-state index is 11.9. The highest BCUT2D eigenvalue weighted by atomic mass is 16.5. The molecule has 0 aliphatic rings. The van der Waals surface area contributed by atoms with Gasteiger partial charge in [-0.05, 0) is 38.0 Å². The molecule has 0 radical (unpaired) electrons. The molecular weight excluding hydrogens is 266 g/mol. The Kier molecular flexibility index (Phi) is 4.98. The van der Waals surface area contributed by atoms with E-state index in [2.05, 4.69) is 15.0 Å². The molecule has 0 aliphatic carbocycles. The van der Waals surface area contributed by atoms with E-state index in [4.69, 9.17) is 4.74 Å². The minimum atomic E-state index is -0.371. The number of carbonyl (C=O) groups is 1. The molecule has 21 heavy (non-hydrogen) atoms. The van der Waals surface area contributed by atoms with E-state index in [0.717, 1.165) is 12.0 Å². The fourth-order valence-corrected chi connectivity index (χ4v) is 2.01. The number of hydrogen-bond acceptors (Lipinski definition) is 5. The molecule has 5 heteroatoms. The van der Waals surface area contributed by atoms with Crippen molar-refractivity contribution < 1.29 is 9.53 Å². The van der Waals surface area contributed by atoms with Crippen molar-refractivity contribution in [2.24, 2.45) is 0 Å². The van der Waals surface area contributed by atoms with Crippen LogP contribution < -0.4 is 0 Å². The summed E-state index contributed by atoms with van der Waals surface area (Å²) in [6.45, 7) is 6.15. The second-order valence-corrected chi connectivity index (χ2v) is 4.74. The van der Waals surface area contributed by atoms with Gasteiger partial charge in [0.05, 0.1) is 17.9 Å². The van der Waals surface area contributed by atoms with Gasteiger partial charge < -0.3 is 4.74 Å². The van der Waals surface area contributed by atoms with Crippen LogP contribution in [0.3, 0.4) is 0 Å². The van der Waals surface area contributed by atoms with Gasteiger partial charge in [-0.25, -0.2) is 14.8 Å². The van der Waals surface area contributed by atoms with E-state index in [9.17, 15) is 4.79 Å². The minimum Gasteiger partial charge on any atom is -0.462 e. The third-order valence-corrected chi connectivity index (χ3v) is 2.99. The van der Waals surface area contributed by atoms with Crippen LogP contribution in [0.25, 0.3) is 11.5 Å². The van der Waals surface area contributed by atoms with Crippen molar-refractivity contribution in [3.63, 3.8) is 0 Å². The highest BCUT2D eigenvalue weighted by Crippen LogP contribution is 2.17. The zero-order valence-corrected chi connectivity index (χ0v) is 12.6. The summed E-state index contributed by atoms with van der Waals surface area (Å²) in [5, 5.41) is 0. The van der Waals surface area contributed by atoms with E-state index in [0.29, 0.717) is 35.8 Å². The van der Waals surface area contributed by atoms with Crippen molar-refractivity contribution in [2.75, 3.05) is 6.61 Å². The van der Waals surface area contributed by atoms with Crippen molar-refractivity contribution in [2.45, 2.75) is 33.6 Å². The molecule has 0 amide bonds. The predicted octanol–water partition coefficient (Wildman–Crippen LogP) is 2.98. The number of aryl methyl sites for hydroxylation is 2. The maximum Gasteiger partial charge on any atom is 0.341 e. The fraction of sp³-hybridized carbons (Fsp3) is 0.375. The Morgan fingerprint density at radius 3 is 2.76 bits per heavy atom. The van der Waals surface area contributed by atoms with Crippen LogP contribution >= 0.6 is 0 Å². The van der Waals surface area contributed by atoms with E-state index < -0.39 is 0 Å². The van der Waals surface area contributed by atoms with Crippen LogP contribution in [0.1, 0.15) is 41.9 Å². The van der Waals surface area contributed by atoms with Gasteiger partial charge in [0.2, 0.25) is 0 Å². The first kappa shape index (κ1) is 15.1. The summed E-state index contributed by atoms with van der Waals surface area (Å²) in [4.78, 5) is 25.0. The Labute approximate surface area is 124 Å². The van der Waals surface area contributed by atoms with Gasteiger partial charge in [0, 0.05) is 12.4 Å². The van der Waals surface area contributed by atoms with Crippen LogP contribution in [0.4, 0.5) is 0 Å². The van der Waals surface area contributed by atoms with E-state index in [1.807, 2.05) is 26.0 Å². The summed E-state index contributed by atoms with van der Waals surface area (Å²) >= 11 is 0. The van der Waals surface area contributed by atoms with Crippen LogP contribution in [0, 0.1) is 6.92 Å². The molecule has 0 bridgehead atoms. The molecule has 0 saturated carbocycles. The molecule has 5 nitrogen and oxygen atoms in total. The zero-order chi connectivity index (χ0) is 15.2. The van der Waals surface area contributed by atoms with Crippen molar-refractivity contribution in [3.8, 4) is 11.5 Å². The predicted molar refractivity (Wildman–Crippen MR) is 80.0 cm³/mol. The molecule has 2 heterocycles. The lowest BCUT2D eigenvalue weighted by molar-refractivity contribution is 0.0524. The second kappa shape index (κ2) is 6.92. The number of ether oxygens (including phenoxy) is 1. The van der Waals surface area contributed by atoms with Gasteiger partial charge >= 0.3 is 5.97 Å². The van der Waals surface area contributed by atoms with E-state index in [-0.39, 0.29) is 5.97 Å². The van der Waals surface area contributed by atoms with Crippen LogP contribution in [0.5, 0.6) is 0 Å². The van der Waals surface area contributed by atoms with Gasteiger partial charge in [-0.15, -0.1) is 0 Å². The van der Waals surface area contributed by atoms with Gasteiger partial charge in [-0.1, -0.05) is 13.3 Å². The average Bonchev–Trinajstić information content (AvgIpc) is 2.48. The average molecular weight is 285 g/mol. The Morgan fingerprint density at radius 2 is 2.10 bits per heavy atom. The lowest BCUT2D eigenvalue weighted by atomic mass is 10.1. The molecule has 0 spiro atoms. The van der Waals surface area contributed by atoms with E-state index in [1.54, 1.807) is 13.1 Å². The Bertz CT molecular complexity index is 641. The van der Waals surface area contributed by atoms with Crippen molar-refractivity contribution >= 4 is 5.97 Å². The largest absolute Gasteiger partial charge is 0.462 e. The van der Waals surface area contributed by atoms with E-state index in [1.165, 1.54) is 6.20 Å². The fourth-order valence-electron chi connectivity index (χ4n) is 2.01. The molecule has 0 saturated heterocycles. The van der Waals surface area contributed by atoms with Crippen LogP contribution in [-0.4, -0.2) is 27.5 Å². The van der Waals surface area contributed by atoms with E-state index >= 15 is 0 Å². The molecule has 0 atom stereocenters. The molecule has 0 unspecified atom stereocenters. The Balaban J connectivity index is 2.42. The highest BCUT2D eigenvalue weighted by Gasteiger charge is 2.16. The summed E-state index contributed by atoms with van der Waals surface area (Å²) in [5.41, 5.74) is 2.96. The zero-order valence-electron chi connectivity index (χ0n) is 12.6. The Morgan fingerprint density at radius 1 is 1.29 bits per heavy atom. The molecule has 2 rings (SSSR count). The molecule has 0 aliphatic heterocycles. The second-order valence-electron chi connectivity index (χ2n) is 4.74. The Hall–Kier alpha value is -2.30. The van der Waals surface area contributed by atoms with Gasteiger partial charge in [0.25, 0.3) is 0 Å². The summed E-state index contributed by atoms with van der Waals surface area (Å²) in [6, 6.07) is 3.85. The molecule has 2 aromatic rings. The lowest BCUT2D eigenvalue weighted by Gasteiger charge is -2.09. The normalized spacial score (nSPS) is 10.4. The number of hydrogen-bond donors (Lipinski definition) is 0. The summed E-state index contributed by atoms with van der Waals surface area (Å²) < 4.78 is 5.05. The van der Waals surface area contributed by atoms with Crippen molar-refractivity contribution in [3.05, 3.63) is 41.3 Å². The number of aromatic nitrogens is 3. The first-order valence-corrected chi connectivity index (χ1v) is 7.11. The quantitative estimate of drug-likeness (QED) is 0.790. The van der Waals surface area contributed by atoms with Gasteiger partial charge in [-0.3, -0.25) is 4.98 Å². The summed E-state index contributed by atoms with van der Waals surface area (Å²) in [6.07, 6.45) is 4.86. The van der Waals surface area contributed by atoms with Gasteiger partial charge in [0.1, 0.15) is 5.69 Å². The molecule has 0 N–H and O–H groups in total. The molecule has 0 fully saturated rings. The molecular formula is C16H19N3O2. The smallest absolute Gasteiger partial charge is 0.341 e. The lowest BCUT2D eigenvalue weighted by Crippen LogP contribution is -2.11. The van der Waals surface area contributed by atoms with Crippen molar-refractivity contribution in [1.82, 2.24) is 15.0 Å². The standard InChI is InChI=1S/C16H19N3O2/c1-4-6-13-12(16(20)21-5-2)10-18-15(19-13)14-9-11(3)7-8-17-14/h7-10H,4-6H2,1-3H3. The highest BCUT2D eigenvalue weighted by molar-refractivity contribution is 5.90. The summed E-state index contributed by atoms with van der Waals surface area (Å²) in [5.74, 6) is 0.167. The van der Waals surface area contributed by atoms with Crippen LogP contribution in [0.15, 0.2) is 24.5 Å². The maximum absolute atomic E-state index is 11.9. The first-order valence-electron chi connectivity index (χ1n) is 7.11. The topological polar surface area (TPSA) is 65.0 Å². The minimum absolute atomic E-state index is 0.339. The first-order chi connectivity index (χ1) is 10.2. The summed E-state index contributed by atoms with van der Waals surface area (Å²) in [7, 11) is 0. The third kappa shape index (κ3) is 3.62. The number of esters is 1. The monoisotopic (exact) mass is 285 g/mol. The molecule has 110 valence electrons. The third-order valence-electron chi connectivity index (χ3n) is 2.99. The number of carbonyl (C=O) groups excluding carboxylic acids is 1. The SMILES string of the molecule is CCCc1nc(-c2cc(C)ccn2)ncc1C(=O)OCC. The van der Waals surface area contributed by atoms with Crippen LogP contribution in [0.2, 0.25) is 0 Å². The molecule has 0 aromatic carbocycles. The van der Waals surface area contributed by atoms with Crippen molar-refractivity contribution in [1.29, 1.82) is 0 Å². The molecule has 2 aromatic heterocycles. The number of rotatable bonds is 5. The van der Waals surface area contributed by atoms with Gasteiger partial charge in [0.15, 0.2) is 5.82 Å². The van der Waals surface area contributed by atoms with Crippen LogP contribution in [-0.2, 0) is 11.2 Å². The number of nitrogens with zero attached hydrogens (tertiary/aromatic N) is 3. The number of pyridine rings is 1.